The standard InChI is InChI=1S/C17H17N3O3S2/c1-11-18-6-14(25-11)7-19-17(21)12-3-4-15(16(5-12)22-2)23-8-13-9-24-10-20-13/h3-6,9-10H,7-8H2,1-2H3,(H,19,21). The monoisotopic (exact) mass is 375 g/mol. The number of thiazole rings is 2. The zero-order chi connectivity index (χ0) is 17.6. The van der Waals surface area contributed by atoms with Crippen LogP contribution in [0, 0.1) is 6.92 Å². The molecule has 6 nitrogen and oxygen atoms in total. The van der Waals surface area contributed by atoms with E-state index in [1.54, 1.807) is 48.4 Å². The number of rotatable bonds is 7. The number of amides is 1. The summed E-state index contributed by atoms with van der Waals surface area (Å²) in [6.07, 6.45) is 1.77. The Morgan fingerprint density at radius 2 is 2.16 bits per heavy atom. The number of methoxy groups -OCH3 is 1. The van der Waals surface area contributed by atoms with E-state index in [9.17, 15) is 4.79 Å². The fraction of sp³-hybridized carbons (Fsp3) is 0.235. The molecule has 0 saturated carbocycles. The number of aryl methyl sites for hydroxylation is 1. The van der Waals surface area contributed by atoms with E-state index in [1.807, 2.05) is 12.3 Å². The summed E-state index contributed by atoms with van der Waals surface area (Å²) in [6.45, 7) is 2.75. The number of carbonyl (C=O) groups excluding carboxylic acids is 1. The van der Waals surface area contributed by atoms with Crippen molar-refractivity contribution >= 4 is 28.6 Å². The molecule has 0 aliphatic rings. The van der Waals surface area contributed by atoms with Crippen LogP contribution >= 0.6 is 22.7 Å². The molecule has 2 heterocycles. The van der Waals surface area contributed by atoms with E-state index in [-0.39, 0.29) is 5.91 Å². The normalized spacial score (nSPS) is 10.5. The van der Waals surface area contributed by atoms with Gasteiger partial charge in [0.15, 0.2) is 11.5 Å². The number of hydrogen-bond donors (Lipinski definition) is 1. The minimum atomic E-state index is -0.171. The topological polar surface area (TPSA) is 73.3 Å². The fourth-order valence-electron chi connectivity index (χ4n) is 2.15. The van der Waals surface area contributed by atoms with E-state index >= 15 is 0 Å². The maximum atomic E-state index is 12.3. The second kappa shape index (κ2) is 8.09. The van der Waals surface area contributed by atoms with Gasteiger partial charge in [0.05, 0.1) is 29.9 Å². The Morgan fingerprint density at radius 3 is 2.84 bits per heavy atom. The van der Waals surface area contributed by atoms with E-state index in [0.29, 0.717) is 30.2 Å². The smallest absolute Gasteiger partial charge is 0.251 e. The maximum absolute atomic E-state index is 12.3. The van der Waals surface area contributed by atoms with Crippen molar-refractivity contribution in [2.45, 2.75) is 20.1 Å². The van der Waals surface area contributed by atoms with Gasteiger partial charge < -0.3 is 14.8 Å². The van der Waals surface area contributed by atoms with Crippen molar-refractivity contribution in [2.24, 2.45) is 0 Å². The van der Waals surface area contributed by atoms with Crippen LogP contribution in [0.3, 0.4) is 0 Å². The summed E-state index contributed by atoms with van der Waals surface area (Å²) in [5.74, 6) is 0.914. The summed E-state index contributed by atoms with van der Waals surface area (Å²) in [4.78, 5) is 21.7. The van der Waals surface area contributed by atoms with Crippen LogP contribution in [0.15, 0.2) is 35.3 Å². The van der Waals surface area contributed by atoms with Gasteiger partial charge in [0, 0.05) is 22.0 Å². The average molecular weight is 375 g/mol. The summed E-state index contributed by atoms with van der Waals surface area (Å²) in [7, 11) is 1.55. The van der Waals surface area contributed by atoms with Crippen LogP contribution in [0.2, 0.25) is 0 Å². The molecule has 0 unspecified atom stereocenters. The van der Waals surface area contributed by atoms with Gasteiger partial charge in [-0.1, -0.05) is 0 Å². The highest BCUT2D eigenvalue weighted by Crippen LogP contribution is 2.29. The third-order valence-electron chi connectivity index (χ3n) is 3.38. The molecule has 0 spiro atoms. The quantitative estimate of drug-likeness (QED) is 0.685. The third kappa shape index (κ3) is 4.55. The van der Waals surface area contributed by atoms with E-state index in [2.05, 4.69) is 15.3 Å². The number of nitrogens with zero attached hydrogens (tertiary/aromatic N) is 2. The molecule has 0 aliphatic carbocycles. The van der Waals surface area contributed by atoms with Gasteiger partial charge in [0.25, 0.3) is 5.91 Å². The molecule has 1 N–H and O–H groups in total. The first-order valence-corrected chi connectivity index (χ1v) is 9.29. The van der Waals surface area contributed by atoms with Crippen molar-refractivity contribution in [1.82, 2.24) is 15.3 Å². The SMILES string of the molecule is COc1cc(C(=O)NCc2cnc(C)s2)ccc1OCc1cscn1. The van der Waals surface area contributed by atoms with E-state index in [1.165, 1.54) is 11.3 Å². The molecule has 8 heteroatoms. The molecule has 0 bridgehead atoms. The molecule has 3 rings (SSSR count). The Labute approximate surface area is 153 Å². The Balaban J connectivity index is 1.64. The van der Waals surface area contributed by atoms with Crippen LogP contribution in [-0.2, 0) is 13.2 Å². The number of aromatic nitrogens is 2. The summed E-state index contributed by atoms with van der Waals surface area (Å²) in [6, 6.07) is 5.12. The molecule has 25 heavy (non-hydrogen) atoms. The molecule has 3 aromatic rings. The van der Waals surface area contributed by atoms with Crippen molar-refractivity contribution in [2.75, 3.05) is 7.11 Å². The number of ether oxygens (including phenoxy) is 2. The molecule has 0 fully saturated rings. The molecular weight excluding hydrogens is 358 g/mol. The first kappa shape index (κ1) is 17.4. The van der Waals surface area contributed by atoms with Crippen molar-refractivity contribution in [3.63, 3.8) is 0 Å². The summed E-state index contributed by atoms with van der Waals surface area (Å²) in [5.41, 5.74) is 3.13. The summed E-state index contributed by atoms with van der Waals surface area (Å²) >= 11 is 3.08. The Kier molecular flexibility index (Phi) is 5.62. The Hall–Kier alpha value is -2.45. The van der Waals surface area contributed by atoms with Crippen molar-refractivity contribution < 1.29 is 14.3 Å². The predicted octanol–water partition coefficient (Wildman–Crippen LogP) is 3.43. The molecule has 0 radical (unpaired) electrons. The average Bonchev–Trinajstić information content (AvgIpc) is 3.29. The highest BCUT2D eigenvalue weighted by Gasteiger charge is 2.12. The fourth-order valence-corrected chi connectivity index (χ4v) is 3.42. The minimum Gasteiger partial charge on any atom is -0.493 e. The molecule has 130 valence electrons. The highest BCUT2D eigenvalue weighted by molar-refractivity contribution is 7.11. The molecule has 0 saturated heterocycles. The second-order valence-corrected chi connectivity index (χ2v) is 7.20. The van der Waals surface area contributed by atoms with Gasteiger partial charge in [0.1, 0.15) is 6.61 Å². The van der Waals surface area contributed by atoms with E-state index in [0.717, 1.165) is 15.6 Å². The van der Waals surface area contributed by atoms with Gasteiger partial charge in [-0.25, -0.2) is 9.97 Å². The lowest BCUT2D eigenvalue weighted by Crippen LogP contribution is -2.22. The minimum absolute atomic E-state index is 0.171. The second-order valence-electron chi connectivity index (χ2n) is 5.16. The van der Waals surface area contributed by atoms with Gasteiger partial charge in [-0.2, -0.15) is 0 Å². The van der Waals surface area contributed by atoms with Crippen LogP contribution in [0.25, 0.3) is 0 Å². The van der Waals surface area contributed by atoms with Crippen molar-refractivity contribution in [3.8, 4) is 11.5 Å². The molecule has 1 amide bonds. The molecule has 2 aromatic heterocycles. The summed E-state index contributed by atoms with van der Waals surface area (Å²) in [5, 5.41) is 5.79. The van der Waals surface area contributed by atoms with Crippen LogP contribution in [-0.4, -0.2) is 23.0 Å². The van der Waals surface area contributed by atoms with Gasteiger partial charge in [-0.3, -0.25) is 4.79 Å². The first-order valence-electron chi connectivity index (χ1n) is 7.53. The van der Waals surface area contributed by atoms with Gasteiger partial charge in [-0.15, -0.1) is 22.7 Å². The lowest BCUT2D eigenvalue weighted by Gasteiger charge is -2.11. The van der Waals surface area contributed by atoms with Crippen LogP contribution < -0.4 is 14.8 Å². The van der Waals surface area contributed by atoms with Gasteiger partial charge in [-0.05, 0) is 25.1 Å². The zero-order valence-corrected chi connectivity index (χ0v) is 15.4. The van der Waals surface area contributed by atoms with Gasteiger partial charge >= 0.3 is 0 Å². The Morgan fingerprint density at radius 1 is 1.28 bits per heavy atom. The lowest BCUT2D eigenvalue weighted by molar-refractivity contribution is 0.0951. The lowest BCUT2D eigenvalue weighted by atomic mass is 10.2. The van der Waals surface area contributed by atoms with Crippen LogP contribution in [0.1, 0.15) is 25.9 Å². The molecule has 0 aliphatic heterocycles. The zero-order valence-electron chi connectivity index (χ0n) is 13.8. The van der Waals surface area contributed by atoms with E-state index < -0.39 is 0 Å². The highest BCUT2D eigenvalue weighted by atomic mass is 32.1. The number of hydrogen-bond acceptors (Lipinski definition) is 7. The molecular formula is C17H17N3O3S2. The maximum Gasteiger partial charge on any atom is 0.251 e. The predicted molar refractivity (Wildman–Crippen MR) is 97.5 cm³/mol. The first-order chi connectivity index (χ1) is 12.2. The number of carbonyl (C=O) groups is 1. The van der Waals surface area contributed by atoms with Gasteiger partial charge in [0.2, 0.25) is 0 Å². The number of nitrogens with one attached hydrogen (secondary N) is 1. The third-order valence-corrected chi connectivity index (χ3v) is 4.93. The Bertz CT molecular complexity index is 847. The van der Waals surface area contributed by atoms with E-state index in [4.69, 9.17) is 9.47 Å². The van der Waals surface area contributed by atoms with Crippen molar-refractivity contribution in [1.29, 1.82) is 0 Å². The summed E-state index contributed by atoms with van der Waals surface area (Å²) < 4.78 is 11.1. The van der Waals surface area contributed by atoms with Crippen LogP contribution in [0.5, 0.6) is 11.5 Å². The molecule has 0 atom stereocenters. The molecule has 1 aromatic carbocycles. The van der Waals surface area contributed by atoms with Crippen LogP contribution in [0.4, 0.5) is 0 Å². The largest absolute Gasteiger partial charge is 0.493 e. The number of benzene rings is 1. The van der Waals surface area contributed by atoms with Crippen molar-refractivity contribution in [3.05, 3.63) is 56.4 Å².